The molecule has 2 nitrogen and oxygen atoms in total. The van der Waals surface area contributed by atoms with E-state index in [1.165, 1.54) is 17.7 Å². The van der Waals surface area contributed by atoms with Crippen molar-refractivity contribution >= 4 is 17.7 Å². The maximum atomic E-state index is 11.0. The van der Waals surface area contributed by atoms with E-state index in [0.29, 0.717) is 0 Å². The molecule has 1 atom stereocenters. The molecule has 2 rings (SSSR count). The summed E-state index contributed by atoms with van der Waals surface area (Å²) in [4.78, 5) is 12.3. The Morgan fingerprint density at radius 3 is 2.24 bits per heavy atom. The van der Waals surface area contributed by atoms with E-state index in [1.54, 1.807) is 0 Å². The van der Waals surface area contributed by atoms with Gasteiger partial charge in [0.2, 0.25) is 5.91 Å². The van der Waals surface area contributed by atoms with Crippen LogP contribution in [0.3, 0.4) is 0 Å². The number of benzene rings is 1. The van der Waals surface area contributed by atoms with Crippen molar-refractivity contribution in [1.82, 2.24) is 0 Å². The van der Waals surface area contributed by atoms with Gasteiger partial charge >= 0.3 is 0 Å². The molecule has 1 saturated carbocycles. The first kappa shape index (κ1) is 14.1. The van der Waals surface area contributed by atoms with Crippen LogP contribution >= 0.6 is 11.8 Å². The number of primary amides is 1. The molecule has 0 aliphatic heterocycles. The van der Waals surface area contributed by atoms with E-state index >= 15 is 0 Å². The van der Waals surface area contributed by atoms with Crippen molar-refractivity contribution < 1.29 is 4.79 Å². The summed E-state index contributed by atoms with van der Waals surface area (Å²) in [7, 11) is 0. The summed E-state index contributed by atoms with van der Waals surface area (Å²) >= 11 is 1.92. The van der Waals surface area contributed by atoms with Gasteiger partial charge in [0, 0.05) is 10.1 Å². The highest BCUT2D eigenvalue weighted by Gasteiger charge is 2.22. The van der Waals surface area contributed by atoms with Crippen LogP contribution in [-0.4, -0.2) is 11.2 Å². The Morgan fingerprint density at radius 2 is 1.82 bits per heavy atom. The fourth-order valence-corrected chi connectivity index (χ4v) is 2.43. The molecule has 1 aromatic carbocycles. The summed E-state index contributed by atoms with van der Waals surface area (Å²) in [6.07, 6.45) is 2.67. The number of amides is 1. The van der Waals surface area contributed by atoms with Gasteiger partial charge in [-0.15, -0.1) is 11.8 Å². The summed E-state index contributed by atoms with van der Waals surface area (Å²) in [6.45, 7) is 5.84. The number of nitrogens with two attached hydrogens (primary N) is 1. The lowest BCUT2D eigenvalue weighted by Gasteiger charge is -2.08. The summed E-state index contributed by atoms with van der Waals surface area (Å²) in [5, 5.41) is 0.824. The van der Waals surface area contributed by atoms with Crippen molar-refractivity contribution in [3.63, 3.8) is 0 Å². The Morgan fingerprint density at radius 1 is 1.29 bits per heavy atom. The lowest BCUT2D eigenvalue weighted by Crippen LogP contribution is -2.18. The maximum Gasteiger partial charge on any atom is 0.224 e. The zero-order valence-corrected chi connectivity index (χ0v) is 11.6. The van der Waals surface area contributed by atoms with Crippen LogP contribution < -0.4 is 5.73 Å². The van der Waals surface area contributed by atoms with Gasteiger partial charge in [0.25, 0.3) is 0 Å². The summed E-state index contributed by atoms with van der Waals surface area (Å²) in [5.74, 6) is -0.456. The van der Waals surface area contributed by atoms with E-state index in [2.05, 4.69) is 12.1 Å². The Balaban J connectivity index is 0.000000686. The third-order valence-corrected chi connectivity index (χ3v) is 3.98. The number of carbonyl (C=O) groups is 1. The van der Waals surface area contributed by atoms with E-state index < -0.39 is 0 Å². The minimum absolute atomic E-state index is 0.190. The van der Waals surface area contributed by atoms with Crippen LogP contribution in [0.2, 0.25) is 0 Å². The number of carbonyl (C=O) groups excluding carboxylic acids is 1. The Hall–Kier alpha value is -0.960. The molecule has 0 radical (unpaired) electrons. The molecule has 94 valence electrons. The van der Waals surface area contributed by atoms with Gasteiger partial charge in [0.1, 0.15) is 0 Å². The van der Waals surface area contributed by atoms with E-state index in [-0.39, 0.29) is 11.8 Å². The molecule has 1 aliphatic rings. The molecule has 1 aromatic rings. The van der Waals surface area contributed by atoms with Crippen molar-refractivity contribution in [1.29, 1.82) is 0 Å². The van der Waals surface area contributed by atoms with Crippen LogP contribution in [0.5, 0.6) is 0 Å². The highest BCUT2D eigenvalue weighted by atomic mass is 32.2. The third kappa shape index (κ3) is 4.43. The number of thioether (sulfide) groups is 1. The molecule has 2 N–H and O–H groups in total. The molecule has 1 aliphatic carbocycles. The Bertz CT molecular complexity index is 357. The van der Waals surface area contributed by atoms with Gasteiger partial charge in [0.05, 0.1) is 5.92 Å². The average molecular weight is 251 g/mol. The molecule has 0 bridgehead atoms. The van der Waals surface area contributed by atoms with Gasteiger partial charge in [-0.3, -0.25) is 4.79 Å². The van der Waals surface area contributed by atoms with Crippen LogP contribution in [0.25, 0.3) is 0 Å². The topological polar surface area (TPSA) is 43.1 Å². The second-order valence-corrected chi connectivity index (χ2v) is 5.38. The lowest BCUT2D eigenvalue weighted by molar-refractivity contribution is -0.119. The zero-order valence-electron chi connectivity index (χ0n) is 10.8. The van der Waals surface area contributed by atoms with Crippen molar-refractivity contribution in [3.05, 3.63) is 29.8 Å². The molecule has 1 amide bonds. The molecule has 0 spiro atoms. The Labute approximate surface area is 108 Å². The molecule has 0 aromatic heterocycles. The number of hydrogen-bond acceptors (Lipinski definition) is 2. The fraction of sp³-hybridized carbons (Fsp3) is 0.500. The molecule has 0 saturated heterocycles. The van der Waals surface area contributed by atoms with E-state index in [4.69, 9.17) is 5.73 Å². The molecule has 1 fully saturated rings. The SMILES string of the molecule is CC.CC(C(N)=O)c1ccc(SC2CC2)cc1. The van der Waals surface area contributed by atoms with Crippen LogP contribution in [-0.2, 0) is 4.79 Å². The van der Waals surface area contributed by atoms with Crippen LogP contribution in [0.15, 0.2) is 29.2 Å². The zero-order chi connectivity index (χ0) is 12.8. The van der Waals surface area contributed by atoms with Crippen molar-refractivity contribution in [2.45, 2.75) is 49.7 Å². The van der Waals surface area contributed by atoms with Crippen molar-refractivity contribution in [2.75, 3.05) is 0 Å². The molecule has 1 unspecified atom stereocenters. The monoisotopic (exact) mass is 251 g/mol. The average Bonchev–Trinajstić information content (AvgIpc) is 3.15. The summed E-state index contributed by atoms with van der Waals surface area (Å²) in [5.41, 5.74) is 6.26. The standard InChI is InChI=1S/C12H15NOS.C2H6/c1-8(12(13)14)9-2-4-10(5-3-9)15-11-6-7-11;1-2/h2-5,8,11H,6-7H2,1H3,(H2,13,14);1-2H3. The van der Waals surface area contributed by atoms with Crippen molar-refractivity contribution in [3.8, 4) is 0 Å². The van der Waals surface area contributed by atoms with Gasteiger partial charge in [-0.1, -0.05) is 26.0 Å². The van der Waals surface area contributed by atoms with Crippen LogP contribution in [0, 0.1) is 0 Å². The first-order chi connectivity index (χ1) is 8.16. The predicted octanol–water partition coefficient (Wildman–Crippen LogP) is 3.56. The van der Waals surface area contributed by atoms with E-state index in [1.807, 2.05) is 44.7 Å². The molecular formula is C14H21NOS. The minimum Gasteiger partial charge on any atom is -0.369 e. The van der Waals surface area contributed by atoms with Gasteiger partial charge < -0.3 is 5.73 Å². The quantitative estimate of drug-likeness (QED) is 0.889. The fourth-order valence-electron chi connectivity index (χ4n) is 1.38. The highest BCUT2D eigenvalue weighted by molar-refractivity contribution is 8.00. The minimum atomic E-state index is -0.266. The normalized spacial score (nSPS) is 15.7. The maximum absolute atomic E-state index is 11.0. The first-order valence-corrected chi connectivity index (χ1v) is 7.10. The molecule has 0 heterocycles. The molecule has 17 heavy (non-hydrogen) atoms. The second kappa shape index (κ2) is 6.70. The summed E-state index contributed by atoms with van der Waals surface area (Å²) in [6, 6.07) is 8.16. The van der Waals surface area contributed by atoms with Gasteiger partial charge in [-0.25, -0.2) is 0 Å². The third-order valence-electron chi connectivity index (χ3n) is 2.63. The number of rotatable bonds is 4. The highest BCUT2D eigenvalue weighted by Crippen LogP contribution is 2.39. The van der Waals surface area contributed by atoms with E-state index in [9.17, 15) is 4.79 Å². The lowest BCUT2D eigenvalue weighted by atomic mass is 10.0. The molecular weight excluding hydrogens is 230 g/mol. The van der Waals surface area contributed by atoms with Gasteiger partial charge in [-0.05, 0) is 37.5 Å². The van der Waals surface area contributed by atoms with Crippen molar-refractivity contribution in [2.24, 2.45) is 5.73 Å². The smallest absolute Gasteiger partial charge is 0.224 e. The van der Waals surface area contributed by atoms with Gasteiger partial charge in [-0.2, -0.15) is 0 Å². The van der Waals surface area contributed by atoms with E-state index in [0.717, 1.165) is 10.8 Å². The van der Waals surface area contributed by atoms with Crippen LogP contribution in [0.4, 0.5) is 0 Å². The largest absolute Gasteiger partial charge is 0.369 e. The first-order valence-electron chi connectivity index (χ1n) is 6.23. The van der Waals surface area contributed by atoms with Crippen LogP contribution in [0.1, 0.15) is 45.1 Å². The second-order valence-electron chi connectivity index (χ2n) is 4.01. The predicted molar refractivity (Wildman–Crippen MR) is 74.3 cm³/mol. The Kier molecular flexibility index (Phi) is 5.56. The van der Waals surface area contributed by atoms with Gasteiger partial charge in [0.15, 0.2) is 0 Å². The summed E-state index contributed by atoms with van der Waals surface area (Å²) < 4.78 is 0. The number of hydrogen-bond donors (Lipinski definition) is 1. The molecule has 3 heteroatoms.